The number of pyridine rings is 2. The number of hydrogen-bond donors (Lipinski definition) is 2. The molecule has 2 aromatic heterocycles. The molecular weight excluding hydrogens is 2020 g/mol. The van der Waals surface area contributed by atoms with Gasteiger partial charge in [0.15, 0.2) is 0 Å². The zero-order valence-corrected chi connectivity index (χ0v) is 74.5. The third-order valence-electron chi connectivity index (χ3n) is 18.7. The largest absolute Gasteiger partial charge is 0.393 e. The maximum atomic E-state index is 13.2. The van der Waals surface area contributed by atoms with E-state index in [1.165, 1.54) is 80.4 Å². The molecule has 0 spiro atoms. The minimum absolute atomic E-state index is 0. The summed E-state index contributed by atoms with van der Waals surface area (Å²) in [7, 11) is 0. The molecule has 0 bridgehead atoms. The number of benzene rings is 13. The number of fused-ring (bicyclic) bond motifs is 4. The van der Waals surface area contributed by atoms with Crippen LogP contribution in [0.1, 0.15) is 100 Å². The summed E-state index contributed by atoms with van der Waals surface area (Å²) >= 11 is 0. The van der Waals surface area contributed by atoms with Crippen molar-refractivity contribution in [3.05, 3.63) is 362 Å². The second-order valence-corrected chi connectivity index (χ2v) is 30.8. The first-order chi connectivity index (χ1) is 54.8. The fourth-order valence-corrected chi connectivity index (χ4v) is 12.6. The maximum absolute atomic E-state index is 13.2. The summed E-state index contributed by atoms with van der Waals surface area (Å²) in [6.07, 6.45) is -1.37. The smallest absolute Gasteiger partial charge is 0.381 e. The SMILES string of the molecule is CC(=O)CC(C)O.CC(C)(C)C(=O)CC(O)C(C)(C)C.CC(C)(C)c1c[c-]c(-c2nccc3ccccc23)cc1.Fc1[c-]c(-c2nccc3ccccc23)cc(F)c1.Fc1c[c-]c(-c2[c-]cc(C(F)(F)F)cc2)cc1.[Ir].[Ir].[Ir].c1ccc(N(c2ccccc2)c2c3ccccc3c(N(c3ccccc3)c3ccccc3)c3ccccc23)cc1. The van der Waals surface area contributed by atoms with Crippen molar-refractivity contribution in [1.29, 1.82) is 0 Å². The molecule has 0 saturated carbocycles. The zero-order valence-electron chi connectivity index (χ0n) is 67.3. The van der Waals surface area contributed by atoms with Gasteiger partial charge in [-0.1, -0.05) is 238 Å². The first-order valence-electron chi connectivity index (χ1n) is 37.8. The van der Waals surface area contributed by atoms with Gasteiger partial charge in [0, 0.05) is 153 Å². The van der Waals surface area contributed by atoms with E-state index in [0.29, 0.717) is 22.4 Å². The minimum Gasteiger partial charge on any atom is -0.393 e. The van der Waals surface area contributed by atoms with Crippen molar-refractivity contribution in [1.82, 2.24) is 9.97 Å². The molecule has 0 fully saturated rings. The van der Waals surface area contributed by atoms with Gasteiger partial charge in [-0.3, -0.25) is 14.0 Å². The van der Waals surface area contributed by atoms with Crippen LogP contribution in [0.25, 0.3) is 76.7 Å². The van der Waals surface area contributed by atoms with E-state index in [9.17, 15) is 41.0 Å². The van der Waals surface area contributed by atoms with E-state index in [1.807, 2.05) is 84.1 Å². The average Bonchev–Trinajstić information content (AvgIpc) is 0.723. The van der Waals surface area contributed by atoms with Crippen LogP contribution < -0.4 is 9.80 Å². The Morgan fingerprint density at radius 2 is 0.763 bits per heavy atom. The van der Waals surface area contributed by atoms with Crippen molar-refractivity contribution >= 4 is 88.8 Å². The number of aromatic nitrogens is 2. The van der Waals surface area contributed by atoms with Gasteiger partial charge in [0.05, 0.1) is 23.6 Å². The van der Waals surface area contributed by atoms with Gasteiger partial charge in [0.25, 0.3) is 0 Å². The van der Waals surface area contributed by atoms with E-state index >= 15 is 0 Å². The molecule has 3 radical (unpaired) electrons. The van der Waals surface area contributed by atoms with Crippen molar-refractivity contribution in [2.24, 2.45) is 10.8 Å². The standard InChI is InChI=1S/C38H28N2.C19H18N.C15H8F2N.C13H6F4.C11H22O2.C5H10O2.3Ir/c1-5-17-29(18-6-1)39(30-19-7-2-8-20-30)37-33-25-13-15-27-35(33)38(36-28-16-14-26-34(36)37)40(31-21-9-3-10-22-31)32-23-11-4-12-24-32;1-19(2,3)16-10-8-15(9-11-16)18-17-7-5-4-6-14(17)12-13-20-18;16-12-7-11(8-13(17)9-12)15-14-4-2-1-3-10(14)5-6-18-15;14-12-7-3-10(4-8-12)9-1-5-11(6-2-9)13(15,16)17;1-10(2,3)8(12)7-9(13)11(4,5)6;1-4(6)3-5(2)7;;;/h1-28H;4-8,10-13H,1-3H3;1-7,9H;1,3,5-8H;8,12H,7H2,1-6H3;4,6H,3H2,1-2H3;;;/q;2*-1;-2;;;;;. The number of aliphatic hydroxyl groups excluding tert-OH is 2. The molecule has 8 nitrogen and oxygen atoms in total. The third-order valence-corrected chi connectivity index (χ3v) is 18.7. The first kappa shape index (κ1) is 94.7. The number of halogens is 6. The Kier molecular flexibility index (Phi) is 34.8. The fourth-order valence-electron chi connectivity index (χ4n) is 12.6. The maximum Gasteiger partial charge on any atom is 0.381 e. The number of rotatable bonds is 13. The number of aliphatic hydroxyl groups is 2. The number of carbonyl (C=O) groups is 2. The Balaban J connectivity index is 0.000000211. The monoisotopic (exact) mass is 2120 g/mol. The van der Waals surface area contributed by atoms with E-state index in [0.717, 1.165) is 69.0 Å². The summed E-state index contributed by atoms with van der Waals surface area (Å²) in [6, 6.07) is 106. The molecule has 0 saturated heterocycles. The van der Waals surface area contributed by atoms with Gasteiger partial charge in [-0.25, -0.2) is 19.9 Å². The van der Waals surface area contributed by atoms with E-state index in [2.05, 4.69) is 277 Å². The third kappa shape index (κ3) is 25.8. The van der Waals surface area contributed by atoms with Gasteiger partial charge >= 0.3 is 6.18 Å². The molecule has 15 aromatic rings. The molecule has 0 aliphatic carbocycles. The Labute approximate surface area is 729 Å². The predicted molar refractivity (Wildman–Crippen MR) is 457 cm³/mol. The number of Topliss-reactive ketones (excluding diaryl/α,β-unsaturated/α-hetero) is 2. The fraction of sp³-hybridized carbons (Fsp3) is 0.188. The van der Waals surface area contributed by atoms with Crippen LogP contribution in [0.5, 0.6) is 0 Å². The second-order valence-electron chi connectivity index (χ2n) is 30.8. The van der Waals surface area contributed by atoms with Crippen molar-refractivity contribution in [2.75, 3.05) is 9.80 Å². The van der Waals surface area contributed by atoms with Crippen molar-refractivity contribution in [3.63, 3.8) is 0 Å². The number of anilines is 6. The zero-order chi connectivity index (χ0) is 82.6. The molecule has 0 aliphatic heterocycles. The van der Waals surface area contributed by atoms with Gasteiger partial charge in [-0.15, -0.1) is 77.4 Å². The van der Waals surface area contributed by atoms with Crippen LogP contribution in [0.15, 0.2) is 310 Å². The number of alkyl halides is 3. The van der Waals surface area contributed by atoms with Gasteiger partial charge in [-0.2, -0.15) is 37.4 Å². The molecule has 0 aliphatic rings. The van der Waals surface area contributed by atoms with E-state index in [1.54, 1.807) is 13.1 Å². The summed E-state index contributed by atoms with van der Waals surface area (Å²) in [5, 5.41) is 27.2. The molecule has 2 atom stereocenters. The molecule has 0 amide bonds. The van der Waals surface area contributed by atoms with Crippen molar-refractivity contribution < 1.29 is 106 Å². The second kappa shape index (κ2) is 43.3. The number of hydrogen-bond acceptors (Lipinski definition) is 8. The van der Waals surface area contributed by atoms with Crippen LogP contribution in [-0.4, -0.2) is 44.0 Å². The summed E-state index contributed by atoms with van der Waals surface area (Å²) < 4.78 is 75.9. The molecular formula is C101H92F6Ir3N4O4-4. The molecule has 613 valence electrons. The van der Waals surface area contributed by atoms with Crippen molar-refractivity contribution in [2.45, 2.75) is 113 Å². The molecule has 118 heavy (non-hydrogen) atoms. The summed E-state index contributed by atoms with van der Waals surface area (Å²) in [6.45, 7) is 21.2. The molecule has 17 heteroatoms. The van der Waals surface area contributed by atoms with Crippen LogP contribution >= 0.6 is 0 Å². The molecule has 15 rings (SSSR count). The van der Waals surface area contributed by atoms with E-state index in [4.69, 9.17) is 5.11 Å². The summed E-state index contributed by atoms with van der Waals surface area (Å²) in [4.78, 5) is 35.2. The molecule has 2 unspecified atom stereocenters. The number of nitrogens with zero attached hydrogens (tertiary/aromatic N) is 4. The van der Waals surface area contributed by atoms with Crippen LogP contribution in [0.4, 0.5) is 60.5 Å². The molecule has 2 N–H and O–H groups in total. The quantitative estimate of drug-likeness (QED) is 0.0509. The van der Waals surface area contributed by atoms with Crippen LogP contribution in [0.2, 0.25) is 0 Å². The molecule has 13 aromatic carbocycles. The normalized spacial score (nSPS) is 11.6. The van der Waals surface area contributed by atoms with Crippen LogP contribution in [0.3, 0.4) is 0 Å². The van der Waals surface area contributed by atoms with Crippen LogP contribution in [0, 0.1) is 52.5 Å². The van der Waals surface area contributed by atoms with E-state index in [-0.39, 0.29) is 101 Å². The van der Waals surface area contributed by atoms with Crippen molar-refractivity contribution in [3.8, 4) is 33.6 Å². The van der Waals surface area contributed by atoms with Crippen LogP contribution in [-0.2, 0) is 81.5 Å². The Morgan fingerprint density at radius 3 is 1.08 bits per heavy atom. The summed E-state index contributed by atoms with van der Waals surface area (Å²) in [5.74, 6) is -1.64. The Bertz CT molecular complexity index is 5390. The first-order valence-corrected chi connectivity index (χ1v) is 37.8. The minimum atomic E-state index is -4.37. The van der Waals surface area contributed by atoms with Gasteiger partial charge in [-0.05, 0) is 124 Å². The topological polar surface area (TPSA) is 107 Å². The number of para-hydroxylation sites is 4. The van der Waals surface area contributed by atoms with E-state index < -0.39 is 41.4 Å². The summed E-state index contributed by atoms with van der Waals surface area (Å²) in [5.41, 5.74) is 10.8. The van der Waals surface area contributed by atoms with Gasteiger partial charge in [0.2, 0.25) is 0 Å². The Morgan fingerprint density at radius 1 is 0.407 bits per heavy atom. The molecule has 2 heterocycles. The number of ketones is 2. The predicted octanol–water partition coefficient (Wildman–Crippen LogP) is 26.8. The number of carbonyl (C=O) groups excluding carboxylic acids is 2. The Hall–Kier alpha value is -10.4. The van der Waals surface area contributed by atoms with Gasteiger partial charge < -0.3 is 30.0 Å². The average molecular weight is 2120 g/mol. The van der Waals surface area contributed by atoms with Gasteiger partial charge in [0.1, 0.15) is 11.6 Å².